The maximum Gasteiger partial charge on any atom is 0.190 e. The van der Waals surface area contributed by atoms with Crippen LogP contribution in [0.3, 0.4) is 0 Å². The Hall–Kier alpha value is -3.03. The summed E-state index contributed by atoms with van der Waals surface area (Å²) in [5.41, 5.74) is 7.29. The molecule has 5 N–H and O–H groups in total. The van der Waals surface area contributed by atoms with E-state index in [2.05, 4.69) is 26.8 Å². The smallest absolute Gasteiger partial charge is 0.190 e. The van der Waals surface area contributed by atoms with Crippen molar-refractivity contribution in [1.82, 2.24) is 19.5 Å². The molecule has 9 heteroatoms. The lowest BCUT2D eigenvalue weighted by molar-refractivity contribution is -0.0514. The summed E-state index contributed by atoms with van der Waals surface area (Å²) in [5, 5.41) is 29.9. The molecule has 138 valence electrons. The van der Waals surface area contributed by atoms with Gasteiger partial charge in [-0.05, 0) is 18.1 Å². The molecule has 1 saturated heterocycles. The van der Waals surface area contributed by atoms with E-state index in [-0.39, 0.29) is 11.6 Å². The highest BCUT2D eigenvalue weighted by molar-refractivity contribution is 5.82. The third-order valence-electron chi connectivity index (χ3n) is 4.37. The molecule has 0 spiro atoms. The van der Waals surface area contributed by atoms with Gasteiger partial charge in [0, 0.05) is 5.56 Å². The zero-order chi connectivity index (χ0) is 19.0. The predicted octanol–water partition coefficient (Wildman–Crippen LogP) is -0.580. The largest absolute Gasteiger partial charge is 0.394 e. The van der Waals surface area contributed by atoms with Crippen molar-refractivity contribution in [3.63, 3.8) is 0 Å². The number of aliphatic hydroxyl groups is 3. The Balaban J connectivity index is 1.86. The van der Waals surface area contributed by atoms with Crippen molar-refractivity contribution in [2.24, 2.45) is 0 Å². The maximum absolute atomic E-state index is 10.4. The average molecular weight is 367 g/mol. The van der Waals surface area contributed by atoms with Crippen molar-refractivity contribution < 1.29 is 20.1 Å². The van der Waals surface area contributed by atoms with E-state index in [0.29, 0.717) is 11.2 Å². The summed E-state index contributed by atoms with van der Waals surface area (Å²) in [6.45, 7) is -0.441. The lowest BCUT2D eigenvalue weighted by atomic mass is 10.1. The molecule has 2 aromatic heterocycles. The Bertz CT molecular complexity index is 1030. The quantitative estimate of drug-likeness (QED) is 0.441. The van der Waals surface area contributed by atoms with Gasteiger partial charge in [-0.1, -0.05) is 24.1 Å². The molecule has 3 aromatic rings. The number of benzene rings is 1. The summed E-state index contributed by atoms with van der Waals surface area (Å²) >= 11 is 0. The first-order valence-corrected chi connectivity index (χ1v) is 8.28. The number of anilines is 1. The number of imidazole rings is 1. The number of ether oxygens (including phenoxy) is 1. The highest BCUT2D eigenvalue weighted by Crippen LogP contribution is 2.33. The highest BCUT2D eigenvalue weighted by atomic mass is 16.6. The molecular formula is C18H17N5O4. The lowest BCUT2D eigenvalue weighted by Crippen LogP contribution is -2.33. The van der Waals surface area contributed by atoms with Gasteiger partial charge >= 0.3 is 0 Å². The molecule has 0 saturated carbocycles. The van der Waals surface area contributed by atoms with Crippen LogP contribution in [0.25, 0.3) is 11.2 Å². The fraction of sp³-hybridized carbons (Fsp3) is 0.278. The number of rotatable bonds is 2. The molecule has 4 rings (SSSR count). The van der Waals surface area contributed by atoms with E-state index in [4.69, 9.17) is 10.5 Å². The second kappa shape index (κ2) is 6.94. The second-order valence-corrected chi connectivity index (χ2v) is 6.08. The second-order valence-electron chi connectivity index (χ2n) is 6.08. The van der Waals surface area contributed by atoms with Gasteiger partial charge < -0.3 is 25.8 Å². The fourth-order valence-corrected chi connectivity index (χ4v) is 3.00. The third-order valence-corrected chi connectivity index (χ3v) is 4.37. The van der Waals surface area contributed by atoms with Crippen LogP contribution in [0.4, 0.5) is 5.82 Å². The van der Waals surface area contributed by atoms with Gasteiger partial charge in [-0.3, -0.25) is 4.57 Å². The summed E-state index contributed by atoms with van der Waals surface area (Å²) in [6.07, 6.45) is -3.25. The number of aromatic nitrogens is 4. The first-order chi connectivity index (χ1) is 13.1. The van der Waals surface area contributed by atoms with E-state index in [1.807, 2.05) is 30.3 Å². The number of fused-ring (bicyclic) bond motifs is 1. The monoisotopic (exact) mass is 367 g/mol. The molecule has 1 aromatic carbocycles. The van der Waals surface area contributed by atoms with Crippen LogP contribution in [0, 0.1) is 11.8 Å². The average Bonchev–Trinajstić information content (AvgIpc) is 3.19. The van der Waals surface area contributed by atoms with Crippen LogP contribution in [-0.2, 0) is 4.74 Å². The van der Waals surface area contributed by atoms with Crippen LogP contribution < -0.4 is 5.73 Å². The normalized spacial score (nSPS) is 24.7. The van der Waals surface area contributed by atoms with E-state index >= 15 is 0 Å². The Labute approximate surface area is 154 Å². The standard InChI is InChI=1S/C18H17N5O4/c19-16-13-17(21-9-20-16)23(18-15(26)14(25)11(8-24)27-18)12(22-13)7-6-10-4-2-1-3-5-10/h1-5,9,11,14-15,18,24-26H,8H2,(H2,19,20,21)/t11-,14-,15-,18-/m1/s1. The van der Waals surface area contributed by atoms with E-state index in [1.54, 1.807) is 0 Å². The van der Waals surface area contributed by atoms with Crippen LogP contribution in [0.15, 0.2) is 36.7 Å². The number of nitrogen functional groups attached to an aromatic ring is 1. The molecule has 0 unspecified atom stereocenters. The Morgan fingerprint density at radius 3 is 2.59 bits per heavy atom. The molecule has 0 amide bonds. The van der Waals surface area contributed by atoms with Crippen LogP contribution in [0.5, 0.6) is 0 Å². The maximum atomic E-state index is 10.4. The minimum absolute atomic E-state index is 0.160. The molecule has 4 atom stereocenters. The van der Waals surface area contributed by atoms with Crippen molar-refractivity contribution in [1.29, 1.82) is 0 Å². The molecule has 9 nitrogen and oxygen atoms in total. The highest BCUT2D eigenvalue weighted by Gasteiger charge is 2.44. The third kappa shape index (κ3) is 3.01. The molecule has 1 aliphatic heterocycles. The van der Waals surface area contributed by atoms with Gasteiger partial charge in [0.15, 0.2) is 29.0 Å². The number of nitrogens with zero attached hydrogens (tertiary/aromatic N) is 4. The first kappa shape index (κ1) is 17.4. The van der Waals surface area contributed by atoms with Gasteiger partial charge in [0.2, 0.25) is 0 Å². The van der Waals surface area contributed by atoms with Crippen molar-refractivity contribution in [3.8, 4) is 11.8 Å². The molecule has 0 aliphatic carbocycles. The number of aliphatic hydroxyl groups excluding tert-OH is 3. The summed E-state index contributed by atoms with van der Waals surface area (Å²) in [5.74, 6) is 6.33. The molecule has 1 fully saturated rings. The minimum Gasteiger partial charge on any atom is -0.394 e. The molecule has 0 bridgehead atoms. The van der Waals surface area contributed by atoms with Crippen LogP contribution in [-0.4, -0.2) is 59.8 Å². The van der Waals surface area contributed by atoms with Gasteiger partial charge in [-0.2, -0.15) is 0 Å². The van der Waals surface area contributed by atoms with Gasteiger partial charge in [-0.15, -0.1) is 0 Å². The SMILES string of the molecule is Nc1ncnc2c1nc(C#Cc1ccccc1)n2[C@@H]1O[C@H](CO)[C@@H](O)[C@H]1O. The minimum atomic E-state index is -1.30. The van der Waals surface area contributed by atoms with Crippen molar-refractivity contribution in [2.45, 2.75) is 24.5 Å². The van der Waals surface area contributed by atoms with E-state index in [9.17, 15) is 15.3 Å². The lowest BCUT2D eigenvalue weighted by Gasteiger charge is -2.17. The summed E-state index contributed by atoms with van der Waals surface area (Å²) < 4.78 is 7.09. The Morgan fingerprint density at radius 2 is 1.89 bits per heavy atom. The van der Waals surface area contributed by atoms with Gasteiger partial charge in [0.25, 0.3) is 0 Å². The Kier molecular flexibility index (Phi) is 4.47. The molecule has 0 radical (unpaired) electrons. The number of hydrogen-bond acceptors (Lipinski definition) is 8. The number of nitrogens with two attached hydrogens (primary N) is 1. The summed E-state index contributed by atoms with van der Waals surface area (Å²) in [4.78, 5) is 12.5. The van der Waals surface area contributed by atoms with E-state index in [1.165, 1.54) is 10.9 Å². The van der Waals surface area contributed by atoms with Crippen LogP contribution in [0.1, 0.15) is 17.6 Å². The molecular weight excluding hydrogens is 350 g/mol. The molecule has 27 heavy (non-hydrogen) atoms. The molecule has 3 heterocycles. The fourth-order valence-electron chi connectivity index (χ4n) is 3.00. The van der Waals surface area contributed by atoms with Crippen molar-refractivity contribution in [3.05, 3.63) is 48.0 Å². The van der Waals surface area contributed by atoms with Crippen LogP contribution in [0.2, 0.25) is 0 Å². The van der Waals surface area contributed by atoms with Crippen molar-refractivity contribution in [2.75, 3.05) is 12.3 Å². The van der Waals surface area contributed by atoms with Gasteiger partial charge in [0.05, 0.1) is 6.61 Å². The zero-order valence-corrected chi connectivity index (χ0v) is 14.1. The summed E-state index contributed by atoms with van der Waals surface area (Å²) in [6, 6.07) is 9.31. The van der Waals surface area contributed by atoms with Crippen molar-refractivity contribution >= 4 is 17.0 Å². The van der Waals surface area contributed by atoms with Gasteiger partial charge in [0.1, 0.15) is 24.6 Å². The van der Waals surface area contributed by atoms with Crippen LogP contribution >= 0.6 is 0 Å². The van der Waals surface area contributed by atoms with E-state index in [0.717, 1.165) is 5.56 Å². The summed E-state index contributed by atoms with van der Waals surface area (Å²) in [7, 11) is 0. The zero-order valence-electron chi connectivity index (χ0n) is 14.1. The topological polar surface area (TPSA) is 140 Å². The van der Waals surface area contributed by atoms with E-state index < -0.39 is 31.1 Å². The predicted molar refractivity (Wildman–Crippen MR) is 95.2 cm³/mol. The number of hydrogen-bond donors (Lipinski definition) is 4. The van der Waals surface area contributed by atoms with Gasteiger partial charge in [-0.25, -0.2) is 15.0 Å². The molecule has 1 aliphatic rings. The Morgan fingerprint density at radius 1 is 1.11 bits per heavy atom. The first-order valence-electron chi connectivity index (χ1n) is 8.28.